The molecule has 0 aromatic heterocycles. The summed E-state index contributed by atoms with van der Waals surface area (Å²) in [6, 6.07) is 26.7. The molecule has 5 aliphatic carbocycles. The summed E-state index contributed by atoms with van der Waals surface area (Å²) in [7, 11) is 0. The highest BCUT2D eigenvalue weighted by Crippen LogP contribution is 2.47. The van der Waals surface area contributed by atoms with Crippen molar-refractivity contribution in [1.82, 2.24) is 0 Å². The molecule has 4 aromatic carbocycles. The summed E-state index contributed by atoms with van der Waals surface area (Å²) in [4.78, 5) is 13.7. The number of ether oxygens (including phenoxy) is 1. The summed E-state index contributed by atoms with van der Waals surface area (Å²) in [5.41, 5.74) is 15.4. The van der Waals surface area contributed by atoms with E-state index >= 15 is 0 Å². The standard InChI is InChI=1S/C30H34O3.C19H26.C18H24.C2H6.C2H4/c1-19(21-11-5-3-6-12-21)17-25-26(31)18-27(33-22-13-7-4-8-14-22)29-28(25)20(2)23-15-9-10-16-24(23)30(29)32;1-14(2)18-9-11-19(12-10-18)16(4)13-17-7-5-15(3)6-8-17;1-14(2)17-9-11-18(12-10-17)15(3)13-16-7-5-4-6-8-16;2*1-2/h9-10,15-16,18,21-22,31H,1-8,11-14,17H2;9-12,15,17H,1,4-8,13H2,2-3H3;9-12,16H,1,3-8,13H2,2H3;1-2H3;1-2H2. The molecule has 0 saturated heterocycles. The van der Waals surface area contributed by atoms with E-state index in [-0.39, 0.29) is 17.6 Å². The van der Waals surface area contributed by atoms with Gasteiger partial charge in [-0.3, -0.25) is 4.79 Å². The number of rotatable bonds is 13. The van der Waals surface area contributed by atoms with Crippen LogP contribution < -0.4 is 4.74 Å². The highest BCUT2D eigenvalue weighted by Gasteiger charge is 2.34. The van der Waals surface area contributed by atoms with Crippen LogP contribution in [-0.2, 0) is 6.42 Å². The van der Waals surface area contributed by atoms with Crippen molar-refractivity contribution in [3.05, 3.63) is 187 Å². The van der Waals surface area contributed by atoms with Crippen LogP contribution in [-0.4, -0.2) is 17.0 Å². The Bertz CT molecular complexity index is 2500. The normalized spacial score (nSPS) is 18.6. The van der Waals surface area contributed by atoms with E-state index in [0.717, 1.165) is 95.3 Å². The molecule has 396 valence electrons. The third-order valence-electron chi connectivity index (χ3n) is 16.3. The van der Waals surface area contributed by atoms with E-state index in [4.69, 9.17) is 4.74 Å². The fourth-order valence-corrected chi connectivity index (χ4v) is 11.8. The Morgan fingerprint density at radius 2 is 1.00 bits per heavy atom. The molecule has 0 heterocycles. The van der Waals surface area contributed by atoms with Gasteiger partial charge >= 0.3 is 0 Å². The summed E-state index contributed by atoms with van der Waals surface area (Å²) >= 11 is 0. The Labute approximate surface area is 450 Å². The van der Waals surface area contributed by atoms with Crippen molar-refractivity contribution in [2.75, 3.05) is 0 Å². The molecule has 0 unspecified atom stereocenters. The Kier molecular flexibility index (Phi) is 24.0. The van der Waals surface area contributed by atoms with E-state index in [9.17, 15) is 9.90 Å². The zero-order chi connectivity index (χ0) is 53.7. The zero-order valence-electron chi connectivity index (χ0n) is 46.9. The topological polar surface area (TPSA) is 46.5 Å². The number of hydrogen-bond donors (Lipinski definition) is 1. The molecule has 0 atom stereocenters. The van der Waals surface area contributed by atoms with Gasteiger partial charge in [-0.2, -0.15) is 0 Å². The number of allylic oxidation sites excluding steroid dienone is 5. The Morgan fingerprint density at radius 1 is 0.568 bits per heavy atom. The number of ketones is 1. The van der Waals surface area contributed by atoms with E-state index in [2.05, 4.69) is 108 Å². The molecule has 74 heavy (non-hydrogen) atoms. The molecule has 0 radical (unpaired) electrons. The minimum Gasteiger partial charge on any atom is -0.507 e. The van der Waals surface area contributed by atoms with Gasteiger partial charge in [-0.25, -0.2) is 0 Å². The molecule has 0 spiro atoms. The lowest BCUT2D eigenvalue weighted by atomic mass is 9.76. The monoisotopic (exact) mass is 995 g/mol. The third-order valence-corrected chi connectivity index (χ3v) is 16.3. The molecule has 0 amide bonds. The maximum atomic E-state index is 13.7. The summed E-state index contributed by atoms with van der Waals surface area (Å²) in [6.07, 6.45) is 27.1. The number of carbonyl (C=O) groups is 1. The van der Waals surface area contributed by atoms with Crippen LogP contribution in [0.1, 0.15) is 224 Å². The highest BCUT2D eigenvalue weighted by atomic mass is 16.5. The van der Waals surface area contributed by atoms with Crippen LogP contribution in [0.15, 0.2) is 137 Å². The first kappa shape index (κ1) is 59.2. The SMILES string of the molecule is C=C.C=C(C)c1ccc(C(=C)CC2CCC(C)CC2)cc1.C=C(C)c1ccc(C(=C)CC2CCCCC2)cc1.C=C1c2ccccc2C(=O)c2c(OC3CCCCC3)cc(O)c(CC(=C)C3CCCCC3)c21.CC. The molecular formula is C71H94O3. The van der Waals surface area contributed by atoms with Crippen LogP contribution in [0.2, 0.25) is 0 Å². The zero-order valence-corrected chi connectivity index (χ0v) is 46.9. The minimum absolute atomic E-state index is 0.0386. The fourth-order valence-electron chi connectivity index (χ4n) is 11.8. The Morgan fingerprint density at radius 3 is 1.49 bits per heavy atom. The van der Waals surface area contributed by atoms with Gasteiger partial charge in [0.05, 0.1) is 11.7 Å². The quantitative estimate of drug-likeness (QED) is 0.120. The van der Waals surface area contributed by atoms with Crippen LogP contribution in [0.4, 0.5) is 0 Å². The van der Waals surface area contributed by atoms with Crippen molar-refractivity contribution in [2.24, 2.45) is 23.7 Å². The maximum Gasteiger partial charge on any atom is 0.198 e. The van der Waals surface area contributed by atoms with Crippen LogP contribution >= 0.6 is 0 Å². The number of benzene rings is 4. The second kappa shape index (κ2) is 30.0. The molecule has 9 rings (SSSR count). The lowest BCUT2D eigenvalue weighted by molar-refractivity contribution is 0.102. The Balaban J connectivity index is 0.000000212. The van der Waals surface area contributed by atoms with Crippen molar-refractivity contribution in [1.29, 1.82) is 0 Å². The van der Waals surface area contributed by atoms with Crippen molar-refractivity contribution in [3.8, 4) is 11.5 Å². The molecule has 3 nitrogen and oxygen atoms in total. The summed E-state index contributed by atoms with van der Waals surface area (Å²) in [5.74, 6) is 3.78. The fraction of sp³-hybridized carbons (Fsp3) is 0.451. The van der Waals surface area contributed by atoms with E-state index in [1.165, 1.54) is 130 Å². The Hall–Kier alpha value is -5.67. The van der Waals surface area contributed by atoms with Crippen LogP contribution in [0.5, 0.6) is 11.5 Å². The average Bonchev–Trinajstić information content (AvgIpc) is 3.43. The first-order valence-corrected chi connectivity index (χ1v) is 28.7. The second-order valence-corrected chi connectivity index (χ2v) is 22.0. The number of hydrogen-bond acceptors (Lipinski definition) is 3. The molecule has 4 saturated carbocycles. The number of fused-ring (bicyclic) bond motifs is 2. The lowest BCUT2D eigenvalue weighted by Gasteiger charge is -2.30. The molecule has 0 aliphatic heterocycles. The highest BCUT2D eigenvalue weighted by molar-refractivity contribution is 6.20. The average molecular weight is 996 g/mol. The maximum absolute atomic E-state index is 13.7. The van der Waals surface area contributed by atoms with Crippen LogP contribution in [0.3, 0.4) is 0 Å². The molecule has 1 N–H and O–H groups in total. The number of aromatic hydroxyl groups is 1. The molecule has 3 heteroatoms. The predicted molar refractivity (Wildman–Crippen MR) is 323 cm³/mol. The van der Waals surface area contributed by atoms with Gasteiger partial charge in [-0.05, 0) is 153 Å². The largest absolute Gasteiger partial charge is 0.507 e. The van der Waals surface area contributed by atoms with Crippen molar-refractivity contribution >= 4 is 33.6 Å². The smallest absolute Gasteiger partial charge is 0.198 e. The summed E-state index contributed by atoms with van der Waals surface area (Å²) < 4.78 is 6.40. The van der Waals surface area contributed by atoms with Gasteiger partial charge in [0.1, 0.15) is 11.5 Å². The molecular weight excluding hydrogens is 901 g/mol. The molecule has 4 fully saturated rings. The van der Waals surface area contributed by atoms with Crippen molar-refractivity contribution in [3.63, 3.8) is 0 Å². The van der Waals surface area contributed by atoms with Crippen molar-refractivity contribution < 1.29 is 14.6 Å². The summed E-state index contributed by atoms with van der Waals surface area (Å²) in [6.45, 7) is 41.8. The first-order chi connectivity index (χ1) is 35.8. The second-order valence-electron chi connectivity index (χ2n) is 22.0. The number of phenols is 1. The lowest BCUT2D eigenvalue weighted by Crippen LogP contribution is -2.23. The van der Waals surface area contributed by atoms with Gasteiger partial charge in [-0.15, -0.1) is 13.2 Å². The van der Waals surface area contributed by atoms with E-state index in [0.29, 0.717) is 29.2 Å². The summed E-state index contributed by atoms with van der Waals surface area (Å²) in [5, 5.41) is 11.2. The van der Waals surface area contributed by atoms with Gasteiger partial charge in [0.15, 0.2) is 5.78 Å². The van der Waals surface area contributed by atoms with Gasteiger partial charge in [-0.1, -0.05) is 220 Å². The van der Waals surface area contributed by atoms with E-state index in [1.54, 1.807) is 6.07 Å². The van der Waals surface area contributed by atoms with Gasteiger partial charge in [0.25, 0.3) is 0 Å². The van der Waals surface area contributed by atoms with E-state index < -0.39 is 0 Å². The van der Waals surface area contributed by atoms with E-state index in [1.807, 2.05) is 52.0 Å². The van der Waals surface area contributed by atoms with Gasteiger partial charge < -0.3 is 9.84 Å². The van der Waals surface area contributed by atoms with Gasteiger partial charge in [0.2, 0.25) is 0 Å². The van der Waals surface area contributed by atoms with Crippen LogP contribution in [0.25, 0.3) is 27.9 Å². The molecule has 4 aromatic rings. The number of phenolic OH excluding ortho intramolecular Hbond substituents is 1. The predicted octanol–water partition coefficient (Wildman–Crippen LogP) is 20.9. The van der Waals surface area contributed by atoms with Gasteiger partial charge in [0, 0.05) is 22.8 Å². The minimum atomic E-state index is -0.0386. The van der Waals surface area contributed by atoms with Crippen LogP contribution in [0, 0.1) is 23.7 Å². The number of carbonyl (C=O) groups excluding carboxylic acids is 1. The third kappa shape index (κ3) is 16.4. The molecule has 0 bridgehead atoms. The molecule has 5 aliphatic rings. The van der Waals surface area contributed by atoms with Crippen molar-refractivity contribution in [2.45, 2.75) is 182 Å². The first-order valence-electron chi connectivity index (χ1n) is 28.7.